The van der Waals surface area contributed by atoms with Crippen molar-refractivity contribution < 1.29 is 13.2 Å². The van der Waals surface area contributed by atoms with Crippen molar-refractivity contribution in [3.8, 4) is 0 Å². The first-order valence-corrected chi connectivity index (χ1v) is 6.83. The van der Waals surface area contributed by atoms with Crippen molar-refractivity contribution in [3.63, 3.8) is 0 Å². The van der Waals surface area contributed by atoms with Gasteiger partial charge in [-0.3, -0.25) is 4.90 Å². The van der Waals surface area contributed by atoms with E-state index in [0.29, 0.717) is 31.7 Å². The Labute approximate surface area is 130 Å². The van der Waals surface area contributed by atoms with Crippen molar-refractivity contribution in [2.75, 3.05) is 26.2 Å². The van der Waals surface area contributed by atoms with Gasteiger partial charge < -0.3 is 5.32 Å². The Hall–Kier alpha value is -0.0500. The van der Waals surface area contributed by atoms with E-state index in [-0.39, 0.29) is 12.4 Å². The van der Waals surface area contributed by atoms with Crippen LogP contribution < -0.4 is 5.32 Å². The molecule has 1 aliphatic heterocycles. The van der Waals surface area contributed by atoms with Crippen molar-refractivity contribution >= 4 is 35.0 Å². The maximum atomic E-state index is 13.2. The number of piperazine rings is 1. The zero-order valence-electron chi connectivity index (χ0n) is 10.1. The first-order chi connectivity index (χ1) is 8.48. The predicted octanol–water partition coefficient (Wildman–Crippen LogP) is 3.22. The van der Waals surface area contributed by atoms with E-state index in [1.807, 2.05) is 0 Å². The number of nitrogens with zero attached hydrogens (tertiary/aromatic N) is 1. The van der Waals surface area contributed by atoms with Gasteiger partial charge in [-0.15, -0.1) is 12.4 Å². The van der Waals surface area contributed by atoms with Crippen molar-refractivity contribution in [3.05, 3.63) is 33.4 Å². The Bertz CT molecular complexity index is 391. The largest absolute Gasteiger partial charge is 0.408 e. The fraction of sp³-hybridized carbons (Fsp3) is 0.500. The molecule has 1 aromatic carbocycles. The number of benzene rings is 1. The number of nitrogens with one attached hydrogen (secondary N) is 1. The third kappa shape index (κ3) is 4.47. The maximum Gasteiger partial charge on any atom is 0.408 e. The van der Waals surface area contributed by atoms with Crippen LogP contribution in [-0.2, 0) is 0 Å². The van der Waals surface area contributed by atoms with Crippen LogP contribution in [0.15, 0.2) is 24.3 Å². The Balaban J connectivity index is 0.00000180. The van der Waals surface area contributed by atoms with E-state index in [1.54, 1.807) is 24.3 Å². The molecule has 1 fully saturated rings. The lowest BCUT2D eigenvalue weighted by molar-refractivity contribution is -0.187. The van der Waals surface area contributed by atoms with E-state index >= 15 is 0 Å². The normalized spacial score (nSPS) is 18.7. The molecule has 0 spiro atoms. The molecule has 0 aromatic heterocycles. The second kappa shape index (κ2) is 7.10. The molecular weight excluding hydrogens is 391 g/mol. The van der Waals surface area contributed by atoms with E-state index in [9.17, 15) is 13.2 Å². The number of alkyl halides is 3. The first-order valence-electron chi connectivity index (χ1n) is 5.75. The van der Waals surface area contributed by atoms with Gasteiger partial charge in [-0.1, -0.05) is 12.1 Å². The molecule has 1 aromatic rings. The highest BCUT2D eigenvalue weighted by molar-refractivity contribution is 14.1. The number of halogens is 5. The lowest BCUT2D eigenvalue weighted by atomic mass is 10.0. The van der Waals surface area contributed by atoms with Crippen molar-refractivity contribution in [2.45, 2.75) is 12.2 Å². The minimum Gasteiger partial charge on any atom is -0.314 e. The maximum absolute atomic E-state index is 13.2. The summed E-state index contributed by atoms with van der Waals surface area (Å²) in [6, 6.07) is 5.09. The minimum absolute atomic E-state index is 0. The predicted molar refractivity (Wildman–Crippen MR) is 79.6 cm³/mol. The molecule has 2 nitrogen and oxygen atoms in total. The highest BCUT2D eigenvalue weighted by atomic mass is 127. The average Bonchev–Trinajstić information content (AvgIpc) is 2.32. The van der Waals surface area contributed by atoms with Gasteiger partial charge in [-0.05, 0) is 40.3 Å². The fourth-order valence-corrected chi connectivity index (χ4v) is 2.55. The van der Waals surface area contributed by atoms with Gasteiger partial charge >= 0.3 is 6.18 Å². The SMILES string of the molecule is Cl.FC(F)(F)[C@@H](c1ccc(I)cc1)N1CCNCC1. The lowest BCUT2D eigenvalue weighted by Gasteiger charge is -2.36. The zero-order valence-corrected chi connectivity index (χ0v) is 13.1. The summed E-state index contributed by atoms with van der Waals surface area (Å²) >= 11 is 2.09. The topological polar surface area (TPSA) is 15.3 Å². The Morgan fingerprint density at radius 1 is 1.11 bits per heavy atom. The Kier molecular flexibility index (Phi) is 6.35. The van der Waals surface area contributed by atoms with E-state index < -0.39 is 12.2 Å². The molecule has 0 unspecified atom stereocenters. The molecular formula is C12H15ClF3IN2. The monoisotopic (exact) mass is 406 g/mol. The summed E-state index contributed by atoms with van der Waals surface area (Å²) in [6.45, 7) is 2.07. The van der Waals surface area contributed by atoms with Crippen LogP contribution in [-0.4, -0.2) is 37.3 Å². The third-order valence-electron chi connectivity index (χ3n) is 3.01. The van der Waals surface area contributed by atoms with Gasteiger partial charge in [0.15, 0.2) is 0 Å². The van der Waals surface area contributed by atoms with Crippen LogP contribution in [0.5, 0.6) is 0 Å². The van der Waals surface area contributed by atoms with Crippen LogP contribution >= 0.6 is 35.0 Å². The summed E-state index contributed by atoms with van der Waals surface area (Å²) in [5, 5.41) is 3.07. The standard InChI is InChI=1S/C12H14F3IN2.ClH/c13-12(14,15)11(18-7-5-17-6-8-18)9-1-3-10(16)4-2-9;/h1-4,11,17H,5-8H2;1H/t11-;/m1./s1. The van der Waals surface area contributed by atoms with Crippen LogP contribution in [0.3, 0.4) is 0 Å². The summed E-state index contributed by atoms with van der Waals surface area (Å²) < 4.78 is 40.6. The summed E-state index contributed by atoms with van der Waals surface area (Å²) in [6.07, 6.45) is -4.23. The van der Waals surface area contributed by atoms with Gasteiger partial charge in [-0.25, -0.2) is 0 Å². The molecule has 2 rings (SSSR count). The highest BCUT2D eigenvalue weighted by Gasteiger charge is 2.44. The number of hydrogen-bond acceptors (Lipinski definition) is 2. The van der Waals surface area contributed by atoms with E-state index in [0.717, 1.165) is 3.57 Å². The van der Waals surface area contributed by atoms with Gasteiger partial charge in [0.05, 0.1) is 0 Å². The van der Waals surface area contributed by atoms with Crippen LogP contribution in [0.4, 0.5) is 13.2 Å². The molecule has 0 radical (unpaired) electrons. The van der Waals surface area contributed by atoms with Crippen molar-refractivity contribution in [2.24, 2.45) is 0 Å². The van der Waals surface area contributed by atoms with E-state index in [4.69, 9.17) is 0 Å². The molecule has 19 heavy (non-hydrogen) atoms. The smallest absolute Gasteiger partial charge is 0.314 e. The molecule has 108 valence electrons. The van der Waals surface area contributed by atoms with Gasteiger partial charge in [-0.2, -0.15) is 13.2 Å². The summed E-state index contributed by atoms with van der Waals surface area (Å²) in [5.41, 5.74) is 0.324. The van der Waals surface area contributed by atoms with E-state index in [2.05, 4.69) is 27.9 Å². The van der Waals surface area contributed by atoms with Crippen LogP contribution in [0.2, 0.25) is 0 Å². The van der Waals surface area contributed by atoms with Gasteiger partial charge in [0, 0.05) is 29.7 Å². The third-order valence-corrected chi connectivity index (χ3v) is 3.73. The lowest BCUT2D eigenvalue weighted by Crippen LogP contribution is -2.49. The second-order valence-electron chi connectivity index (χ2n) is 4.28. The molecule has 7 heteroatoms. The Morgan fingerprint density at radius 2 is 1.63 bits per heavy atom. The number of hydrogen-bond donors (Lipinski definition) is 1. The quantitative estimate of drug-likeness (QED) is 0.759. The molecule has 1 aliphatic rings. The average molecular weight is 407 g/mol. The molecule has 1 heterocycles. The van der Waals surface area contributed by atoms with Crippen molar-refractivity contribution in [1.29, 1.82) is 0 Å². The summed E-state index contributed by atoms with van der Waals surface area (Å²) in [4.78, 5) is 1.50. The molecule has 0 amide bonds. The van der Waals surface area contributed by atoms with E-state index in [1.165, 1.54) is 4.90 Å². The van der Waals surface area contributed by atoms with Gasteiger partial charge in [0.2, 0.25) is 0 Å². The van der Waals surface area contributed by atoms with Crippen LogP contribution in [0, 0.1) is 3.57 Å². The van der Waals surface area contributed by atoms with Crippen LogP contribution in [0.1, 0.15) is 11.6 Å². The molecule has 0 bridgehead atoms. The minimum atomic E-state index is -4.23. The van der Waals surface area contributed by atoms with Gasteiger partial charge in [0.1, 0.15) is 6.04 Å². The van der Waals surface area contributed by atoms with Crippen molar-refractivity contribution in [1.82, 2.24) is 10.2 Å². The molecule has 1 atom stereocenters. The molecule has 0 saturated carbocycles. The second-order valence-corrected chi connectivity index (χ2v) is 5.53. The molecule has 0 aliphatic carbocycles. The first kappa shape index (κ1) is 17.0. The van der Waals surface area contributed by atoms with Crippen LogP contribution in [0.25, 0.3) is 0 Å². The zero-order chi connectivity index (χ0) is 13.2. The highest BCUT2D eigenvalue weighted by Crippen LogP contribution is 2.37. The van der Waals surface area contributed by atoms with Gasteiger partial charge in [0.25, 0.3) is 0 Å². The Morgan fingerprint density at radius 3 is 2.11 bits per heavy atom. The number of rotatable bonds is 2. The fourth-order valence-electron chi connectivity index (χ4n) is 2.19. The summed E-state index contributed by atoms with van der Waals surface area (Å²) in [7, 11) is 0. The molecule has 1 saturated heterocycles. The molecule has 1 N–H and O–H groups in total. The summed E-state index contributed by atoms with van der Waals surface area (Å²) in [5.74, 6) is 0.